The highest BCUT2D eigenvalue weighted by Gasteiger charge is 2.09. The number of hydrogen-bond acceptors (Lipinski definition) is 4. The molecule has 94 valence electrons. The maximum absolute atomic E-state index is 10.8. The molecule has 1 rings (SSSR count). The molecule has 0 aliphatic heterocycles. The fourth-order valence-corrected chi connectivity index (χ4v) is 1.60. The van der Waals surface area contributed by atoms with Crippen LogP contribution < -0.4 is 10.6 Å². The molecule has 0 aliphatic carbocycles. The van der Waals surface area contributed by atoms with E-state index < -0.39 is 5.97 Å². The second kappa shape index (κ2) is 6.10. The predicted molar refractivity (Wildman–Crippen MR) is 67.6 cm³/mol. The van der Waals surface area contributed by atoms with Gasteiger partial charge in [0.2, 0.25) is 0 Å². The van der Waals surface area contributed by atoms with Crippen molar-refractivity contribution in [1.82, 2.24) is 0 Å². The lowest BCUT2D eigenvalue weighted by Gasteiger charge is -2.21. The van der Waals surface area contributed by atoms with Crippen molar-refractivity contribution < 1.29 is 14.6 Å². The van der Waals surface area contributed by atoms with Crippen molar-refractivity contribution in [2.45, 2.75) is 6.42 Å². The maximum Gasteiger partial charge on any atom is 0.335 e. The molecule has 0 aliphatic rings. The van der Waals surface area contributed by atoms with Crippen LogP contribution in [-0.2, 0) is 4.74 Å². The summed E-state index contributed by atoms with van der Waals surface area (Å²) in [5.74, 6) is -0.967. The third-order valence-electron chi connectivity index (χ3n) is 2.53. The van der Waals surface area contributed by atoms with Gasteiger partial charge in [-0.15, -0.1) is 0 Å². The van der Waals surface area contributed by atoms with E-state index in [2.05, 4.69) is 0 Å². The predicted octanol–water partition coefficient (Wildman–Crippen LogP) is 1.44. The lowest BCUT2D eigenvalue weighted by molar-refractivity contribution is 0.0697. The fourth-order valence-electron chi connectivity index (χ4n) is 1.60. The van der Waals surface area contributed by atoms with E-state index in [-0.39, 0.29) is 5.56 Å². The Bertz CT molecular complexity index is 393. The van der Waals surface area contributed by atoms with Gasteiger partial charge in [0.1, 0.15) is 0 Å². The zero-order valence-corrected chi connectivity index (χ0v) is 10.1. The molecule has 0 spiro atoms. The van der Waals surface area contributed by atoms with E-state index in [1.165, 1.54) is 6.07 Å². The van der Waals surface area contributed by atoms with Gasteiger partial charge in [0.25, 0.3) is 0 Å². The minimum Gasteiger partial charge on any atom is -0.478 e. The van der Waals surface area contributed by atoms with Crippen LogP contribution in [-0.4, -0.2) is 38.4 Å². The largest absolute Gasteiger partial charge is 0.478 e. The molecule has 0 saturated carbocycles. The van der Waals surface area contributed by atoms with E-state index in [4.69, 9.17) is 15.6 Å². The number of ether oxygens (including phenoxy) is 1. The molecule has 5 nitrogen and oxygen atoms in total. The van der Waals surface area contributed by atoms with Crippen LogP contribution in [0.15, 0.2) is 18.2 Å². The highest BCUT2D eigenvalue weighted by Crippen LogP contribution is 2.23. The number of nitrogens with two attached hydrogens (primary N) is 1. The molecule has 1 aromatic carbocycles. The van der Waals surface area contributed by atoms with Crippen LogP contribution >= 0.6 is 0 Å². The summed E-state index contributed by atoms with van der Waals surface area (Å²) in [6.07, 6.45) is 0.896. The number of carbonyl (C=O) groups is 1. The zero-order valence-electron chi connectivity index (χ0n) is 10.1. The Morgan fingerprint density at radius 1 is 1.53 bits per heavy atom. The molecule has 0 heterocycles. The van der Waals surface area contributed by atoms with Gasteiger partial charge in [0, 0.05) is 27.3 Å². The Balaban J connectivity index is 2.74. The quantitative estimate of drug-likeness (QED) is 0.579. The summed E-state index contributed by atoms with van der Waals surface area (Å²) in [5, 5.41) is 8.83. The normalized spacial score (nSPS) is 10.2. The molecule has 17 heavy (non-hydrogen) atoms. The molecule has 0 aromatic heterocycles. The number of aromatic carboxylic acids is 1. The van der Waals surface area contributed by atoms with E-state index in [0.717, 1.165) is 18.7 Å². The van der Waals surface area contributed by atoms with Crippen molar-refractivity contribution in [3.8, 4) is 0 Å². The summed E-state index contributed by atoms with van der Waals surface area (Å²) in [4.78, 5) is 12.7. The van der Waals surface area contributed by atoms with Gasteiger partial charge in [-0.1, -0.05) is 0 Å². The lowest BCUT2D eigenvalue weighted by Crippen LogP contribution is -2.21. The molecule has 0 atom stereocenters. The zero-order chi connectivity index (χ0) is 12.8. The molecule has 5 heteroatoms. The molecule has 3 N–H and O–H groups in total. The Kier molecular flexibility index (Phi) is 4.78. The van der Waals surface area contributed by atoms with Crippen LogP contribution in [0, 0.1) is 0 Å². The first-order chi connectivity index (χ1) is 8.06. The molecule has 0 bridgehead atoms. The smallest absolute Gasteiger partial charge is 0.335 e. The number of rotatable bonds is 6. The van der Waals surface area contributed by atoms with Gasteiger partial charge in [0.15, 0.2) is 0 Å². The van der Waals surface area contributed by atoms with Crippen LogP contribution in [0.4, 0.5) is 11.4 Å². The van der Waals surface area contributed by atoms with Crippen molar-refractivity contribution >= 4 is 17.3 Å². The van der Waals surface area contributed by atoms with E-state index in [1.54, 1.807) is 19.2 Å². The highest BCUT2D eigenvalue weighted by molar-refractivity contribution is 5.90. The van der Waals surface area contributed by atoms with Gasteiger partial charge in [-0.2, -0.15) is 0 Å². The number of nitrogen functional groups attached to an aromatic ring is 1. The number of anilines is 2. The summed E-state index contributed by atoms with van der Waals surface area (Å²) in [6, 6.07) is 4.76. The SMILES string of the molecule is COCCCN(C)c1ccc(C(=O)O)cc1N. The van der Waals surface area contributed by atoms with Crippen LogP contribution in [0.3, 0.4) is 0 Å². The van der Waals surface area contributed by atoms with Gasteiger partial charge < -0.3 is 20.5 Å². The van der Waals surface area contributed by atoms with Crippen molar-refractivity contribution in [3.05, 3.63) is 23.8 Å². The molecular formula is C12H18N2O3. The van der Waals surface area contributed by atoms with Crippen molar-refractivity contribution in [1.29, 1.82) is 0 Å². The second-order valence-corrected chi connectivity index (χ2v) is 3.85. The molecule has 0 radical (unpaired) electrons. The third-order valence-corrected chi connectivity index (χ3v) is 2.53. The monoisotopic (exact) mass is 238 g/mol. The van der Waals surface area contributed by atoms with Crippen molar-refractivity contribution in [3.63, 3.8) is 0 Å². The molecule has 1 aromatic rings. The number of hydrogen-bond donors (Lipinski definition) is 2. The first-order valence-corrected chi connectivity index (χ1v) is 5.39. The van der Waals surface area contributed by atoms with Crippen molar-refractivity contribution in [2.24, 2.45) is 0 Å². The topological polar surface area (TPSA) is 75.8 Å². The second-order valence-electron chi connectivity index (χ2n) is 3.85. The lowest BCUT2D eigenvalue weighted by atomic mass is 10.1. The highest BCUT2D eigenvalue weighted by atomic mass is 16.5. The van der Waals surface area contributed by atoms with Crippen LogP contribution in [0.25, 0.3) is 0 Å². The molecule has 0 fully saturated rings. The summed E-state index contributed by atoms with van der Waals surface area (Å²) in [7, 11) is 3.58. The number of methoxy groups -OCH3 is 1. The van der Waals surface area contributed by atoms with Crippen LogP contribution in [0.5, 0.6) is 0 Å². The first-order valence-electron chi connectivity index (χ1n) is 5.39. The summed E-state index contributed by atoms with van der Waals surface area (Å²) in [6.45, 7) is 1.50. The van der Waals surface area contributed by atoms with Gasteiger partial charge in [-0.25, -0.2) is 4.79 Å². The third kappa shape index (κ3) is 3.64. The van der Waals surface area contributed by atoms with E-state index in [1.807, 2.05) is 11.9 Å². The standard InChI is InChI=1S/C12H18N2O3/c1-14(6-3-7-17-2)11-5-4-9(12(15)16)8-10(11)13/h4-5,8H,3,6-7,13H2,1-2H3,(H,15,16). The number of benzene rings is 1. The fraction of sp³-hybridized carbons (Fsp3) is 0.417. The Morgan fingerprint density at radius 2 is 2.24 bits per heavy atom. The Morgan fingerprint density at radius 3 is 2.76 bits per heavy atom. The number of carboxylic acid groups (broad SMARTS) is 1. The average molecular weight is 238 g/mol. The van der Waals surface area contributed by atoms with Crippen LogP contribution in [0.1, 0.15) is 16.8 Å². The molecule has 0 unspecified atom stereocenters. The molecular weight excluding hydrogens is 220 g/mol. The first kappa shape index (κ1) is 13.3. The van der Waals surface area contributed by atoms with E-state index in [0.29, 0.717) is 12.3 Å². The number of carboxylic acids is 1. The van der Waals surface area contributed by atoms with Crippen molar-refractivity contribution in [2.75, 3.05) is 37.9 Å². The molecule has 0 saturated heterocycles. The van der Waals surface area contributed by atoms with E-state index >= 15 is 0 Å². The van der Waals surface area contributed by atoms with Gasteiger partial charge in [0.05, 0.1) is 16.9 Å². The summed E-state index contributed by atoms with van der Waals surface area (Å²) in [5.41, 5.74) is 7.35. The Hall–Kier alpha value is -1.75. The average Bonchev–Trinajstić information content (AvgIpc) is 2.28. The number of nitrogens with zero attached hydrogens (tertiary/aromatic N) is 1. The molecule has 0 amide bonds. The Labute approximate surface area is 101 Å². The van der Waals surface area contributed by atoms with Gasteiger partial charge in [-0.05, 0) is 24.6 Å². The maximum atomic E-state index is 10.8. The van der Waals surface area contributed by atoms with Gasteiger partial charge >= 0.3 is 5.97 Å². The van der Waals surface area contributed by atoms with E-state index in [9.17, 15) is 4.79 Å². The minimum atomic E-state index is -0.967. The minimum absolute atomic E-state index is 0.205. The van der Waals surface area contributed by atoms with Gasteiger partial charge in [-0.3, -0.25) is 0 Å². The van der Waals surface area contributed by atoms with Crippen LogP contribution in [0.2, 0.25) is 0 Å². The summed E-state index contributed by atoms with van der Waals surface area (Å²) >= 11 is 0. The summed E-state index contributed by atoms with van der Waals surface area (Å²) < 4.78 is 4.97.